The fraction of sp³-hybridized carbons (Fsp3) is 0.400. The van der Waals surface area contributed by atoms with Crippen molar-refractivity contribution in [2.24, 2.45) is 0 Å². The number of aromatic nitrogens is 1. The van der Waals surface area contributed by atoms with Crippen LogP contribution >= 0.6 is 0 Å². The molecule has 94 valence electrons. The fourth-order valence-electron chi connectivity index (χ4n) is 1.33. The average molecular weight is 248 g/mol. The van der Waals surface area contributed by atoms with Crippen LogP contribution < -0.4 is 5.56 Å². The second-order valence-corrected chi connectivity index (χ2v) is 3.77. The van der Waals surface area contributed by atoms with Gasteiger partial charge in [-0.15, -0.1) is 0 Å². The number of H-pyrrole nitrogens is 1. The summed E-state index contributed by atoms with van der Waals surface area (Å²) < 4.78 is 37.4. The number of hydrogen-bond acceptors (Lipinski definition) is 2. The summed E-state index contributed by atoms with van der Waals surface area (Å²) in [4.78, 5) is 25.7. The van der Waals surface area contributed by atoms with E-state index in [0.717, 1.165) is 11.0 Å². The molecule has 0 saturated carbocycles. The van der Waals surface area contributed by atoms with Crippen molar-refractivity contribution in [2.45, 2.75) is 13.1 Å². The zero-order chi connectivity index (χ0) is 13.4. The smallest absolute Gasteiger partial charge is 0.345 e. The summed E-state index contributed by atoms with van der Waals surface area (Å²) in [6, 6.07) is 0.948. The Kier molecular flexibility index (Phi) is 3.30. The Labute approximate surface area is 95.1 Å². The molecule has 0 spiro atoms. The van der Waals surface area contributed by atoms with Crippen LogP contribution in [0.3, 0.4) is 0 Å². The van der Waals surface area contributed by atoms with Crippen LogP contribution in [0.5, 0.6) is 0 Å². The summed E-state index contributed by atoms with van der Waals surface area (Å²) >= 11 is 0. The average Bonchev–Trinajstić information content (AvgIpc) is 2.18. The number of carbonyl (C=O) groups is 1. The second kappa shape index (κ2) is 4.23. The van der Waals surface area contributed by atoms with Crippen molar-refractivity contribution < 1.29 is 18.0 Å². The lowest BCUT2D eigenvalue weighted by molar-refractivity contribution is -0.141. The van der Waals surface area contributed by atoms with E-state index in [0.29, 0.717) is 0 Å². The van der Waals surface area contributed by atoms with Crippen LogP contribution in [0.15, 0.2) is 10.9 Å². The minimum absolute atomic E-state index is 0.192. The lowest BCUT2D eigenvalue weighted by Crippen LogP contribution is -2.30. The van der Waals surface area contributed by atoms with Gasteiger partial charge in [0.25, 0.3) is 11.5 Å². The molecule has 0 atom stereocenters. The van der Waals surface area contributed by atoms with Crippen LogP contribution in [0.2, 0.25) is 0 Å². The van der Waals surface area contributed by atoms with Crippen LogP contribution in [0.1, 0.15) is 21.6 Å². The maximum Gasteiger partial charge on any atom is 0.431 e. The highest BCUT2D eigenvalue weighted by molar-refractivity contribution is 5.93. The van der Waals surface area contributed by atoms with Crippen LogP contribution in [0, 0.1) is 6.92 Å². The summed E-state index contributed by atoms with van der Waals surface area (Å²) in [5, 5.41) is 0. The van der Waals surface area contributed by atoms with E-state index in [9.17, 15) is 22.8 Å². The number of nitrogens with one attached hydrogen (secondary N) is 1. The molecule has 1 amide bonds. The van der Waals surface area contributed by atoms with Crippen LogP contribution in [-0.2, 0) is 6.18 Å². The molecule has 0 aliphatic carbocycles. The molecule has 4 nitrogen and oxygen atoms in total. The van der Waals surface area contributed by atoms with Gasteiger partial charge in [0.1, 0.15) is 11.3 Å². The zero-order valence-electron chi connectivity index (χ0n) is 9.47. The van der Waals surface area contributed by atoms with Gasteiger partial charge in [-0.1, -0.05) is 0 Å². The summed E-state index contributed by atoms with van der Waals surface area (Å²) in [5.74, 6) is -0.636. The molecule has 1 N–H and O–H groups in total. The van der Waals surface area contributed by atoms with Crippen LogP contribution in [0.25, 0.3) is 0 Å². The summed E-state index contributed by atoms with van der Waals surface area (Å²) in [6.07, 6.45) is -4.64. The molecule has 7 heteroatoms. The number of pyridine rings is 1. The first kappa shape index (κ1) is 13.3. The molecule has 1 aromatic heterocycles. The van der Waals surface area contributed by atoms with E-state index in [4.69, 9.17) is 0 Å². The number of alkyl halides is 3. The standard InChI is InChI=1S/C10H11F3N2O2/c1-5-4-6(9(17)15(2)3)8(16)14-7(5)10(11,12)13/h4H,1-3H3,(H,14,16). The zero-order valence-corrected chi connectivity index (χ0v) is 9.47. The van der Waals surface area contributed by atoms with E-state index >= 15 is 0 Å². The van der Waals surface area contributed by atoms with Crippen molar-refractivity contribution in [1.29, 1.82) is 0 Å². The van der Waals surface area contributed by atoms with Gasteiger partial charge in [-0.2, -0.15) is 13.2 Å². The van der Waals surface area contributed by atoms with Crippen molar-refractivity contribution >= 4 is 5.91 Å². The topological polar surface area (TPSA) is 53.2 Å². The van der Waals surface area contributed by atoms with E-state index in [1.54, 1.807) is 4.98 Å². The molecule has 17 heavy (non-hydrogen) atoms. The molecule has 0 saturated heterocycles. The number of rotatable bonds is 1. The molecular weight excluding hydrogens is 237 g/mol. The van der Waals surface area contributed by atoms with E-state index in [1.807, 2.05) is 0 Å². The monoisotopic (exact) mass is 248 g/mol. The summed E-state index contributed by atoms with van der Waals surface area (Å²) in [5.41, 5.74) is -2.66. The van der Waals surface area contributed by atoms with Gasteiger partial charge in [-0.25, -0.2) is 0 Å². The fourth-order valence-corrected chi connectivity index (χ4v) is 1.33. The van der Waals surface area contributed by atoms with Crippen LogP contribution in [-0.4, -0.2) is 29.9 Å². The highest BCUT2D eigenvalue weighted by Crippen LogP contribution is 2.29. The Morgan fingerprint density at radius 1 is 1.35 bits per heavy atom. The molecule has 0 aliphatic heterocycles. The number of hydrogen-bond donors (Lipinski definition) is 1. The molecule has 1 heterocycles. The van der Waals surface area contributed by atoms with Crippen molar-refractivity contribution in [3.05, 3.63) is 33.2 Å². The predicted molar refractivity (Wildman–Crippen MR) is 54.8 cm³/mol. The molecule has 0 bridgehead atoms. The van der Waals surface area contributed by atoms with Gasteiger partial charge in [0.15, 0.2) is 0 Å². The third-order valence-electron chi connectivity index (χ3n) is 2.16. The minimum atomic E-state index is -4.64. The van der Waals surface area contributed by atoms with E-state index < -0.39 is 23.3 Å². The highest BCUT2D eigenvalue weighted by atomic mass is 19.4. The predicted octanol–water partition coefficient (Wildman–Crippen LogP) is 1.40. The quantitative estimate of drug-likeness (QED) is 0.816. The Bertz CT molecular complexity index is 503. The Morgan fingerprint density at radius 3 is 2.29 bits per heavy atom. The Morgan fingerprint density at radius 2 is 1.88 bits per heavy atom. The minimum Gasteiger partial charge on any atom is -0.345 e. The van der Waals surface area contributed by atoms with Crippen molar-refractivity contribution in [3.63, 3.8) is 0 Å². The van der Waals surface area contributed by atoms with E-state index in [2.05, 4.69) is 0 Å². The normalized spacial score (nSPS) is 11.4. The van der Waals surface area contributed by atoms with Crippen molar-refractivity contribution in [1.82, 2.24) is 9.88 Å². The van der Waals surface area contributed by atoms with Crippen molar-refractivity contribution in [2.75, 3.05) is 14.1 Å². The third-order valence-corrected chi connectivity index (χ3v) is 2.16. The summed E-state index contributed by atoms with van der Waals surface area (Å²) in [6.45, 7) is 1.19. The molecule has 0 aliphatic rings. The number of aromatic amines is 1. The maximum absolute atomic E-state index is 12.5. The summed E-state index contributed by atoms with van der Waals surface area (Å²) in [7, 11) is 2.82. The number of nitrogens with zero attached hydrogens (tertiary/aromatic N) is 1. The molecule has 0 unspecified atom stereocenters. The molecule has 0 radical (unpaired) electrons. The molecule has 1 aromatic rings. The van der Waals surface area contributed by atoms with Gasteiger partial charge in [0.05, 0.1) is 0 Å². The maximum atomic E-state index is 12.5. The highest BCUT2D eigenvalue weighted by Gasteiger charge is 2.34. The van der Waals surface area contributed by atoms with Gasteiger partial charge in [0, 0.05) is 14.1 Å². The van der Waals surface area contributed by atoms with Gasteiger partial charge >= 0.3 is 6.18 Å². The second-order valence-electron chi connectivity index (χ2n) is 3.77. The number of halogens is 3. The molecule has 1 rings (SSSR count). The van der Waals surface area contributed by atoms with Crippen molar-refractivity contribution in [3.8, 4) is 0 Å². The largest absolute Gasteiger partial charge is 0.431 e. The Hall–Kier alpha value is -1.79. The van der Waals surface area contributed by atoms with E-state index in [-0.39, 0.29) is 11.1 Å². The van der Waals surface area contributed by atoms with E-state index in [1.165, 1.54) is 21.0 Å². The first-order valence-electron chi connectivity index (χ1n) is 4.67. The van der Waals surface area contributed by atoms with Gasteiger partial charge < -0.3 is 9.88 Å². The molecule has 0 aromatic carbocycles. The molecular formula is C10H11F3N2O2. The number of carbonyl (C=O) groups excluding carboxylic acids is 1. The van der Waals surface area contributed by atoms with Gasteiger partial charge in [-0.05, 0) is 18.6 Å². The Balaban J connectivity index is 3.39. The SMILES string of the molecule is Cc1cc(C(=O)N(C)C)c(=O)[nH]c1C(F)(F)F. The first-order valence-corrected chi connectivity index (χ1v) is 4.67. The van der Waals surface area contributed by atoms with Gasteiger partial charge in [-0.3, -0.25) is 9.59 Å². The first-order chi connectivity index (χ1) is 7.64. The lowest BCUT2D eigenvalue weighted by Gasteiger charge is -2.13. The number of aryl methyl sites for hydroxylation is 1. The third kappa shape index (κ3) is 2.66. The van der Waals surface area contributed by atoms with Gasteiger partial charge in [0.2, 0.25) is 0 Å². The lowest BCUT2D eigenvalue weighted by atomic mass is 10.1. The van der Waals surface area contributed by atoms with Crippen LogP contribution in [0.4, 0.5) is 13.2 Å². The number of amides is 1. The molecule has 0 fully saturated rings.